The maximum absolute atomic E-state index is 5.36. The molecule has 0 amide bonds. The molecular weight excluding hydrogens is 152 g/mol. The number of hydrogen-bond donors (Lipinski definition) is 2. The highest BCUT2D eigenvalue weighted by molar-refractivity contribution is 5.26. The molecule has 0 saturated carbocycles. The normalized spacial score (nSPS) is 9.83. The minimum absolute atomic E-state index is 0.597. The van der Waals surface area contributed by atoms with Crippen LogP contribution in [0.4, 0.5) is 0 Å². The van der Waals surface area contributed by atoms with Crippen molar-refractivity contribution in [2.45, 2.75) is 6.92 Å². The first-order chi connectivity index (χ1) is 5.83. The summed E-state index contributed by atoms with van der Waals surface area (Å²) in [6.07, 6.45) is 0. The van der Waals surface area contributed by atoms with Crippen molar-refractivity contribution in [1.82, 2.24) is 5.43 Å². The molecule has 0 saturated heterocycles. The van der Waals surface area contributed by atoms with Crippen LogP contribution in [0.15, 0.2) is 24.3 Å². The summed E-state index contributed by atoms with van der Waals surface area (Å²) in [5.74, 6) is 5.97. The topological polar surface area (TPSA) is 47.3 Å². The molecule has 1 aromatic rings. The molecule has 1 aromatic carbocycles. The molecule has 0 heterocycles. The van der Waals surface area contributed by atoms with Gasteiger partial charge in [0.15, 0.2) is 0 Å². The lowest BCUT2D eigenvalue weighted by molar-refractivity contribution is 0.315. The Morgan fingerprint density at radius 3 is 2.58 bits per heavy atom. The summed E-state index contributed by atoms with van der Waals surface area (Å²) in [7, 11) is 0. The Morgan fingerprint density at radius 1 is 1.33 bits per heavy atom. The first-order valence-corrected chi connectivity index (χ1v) is 3.96. The van der Waals surface area contributed by atoms with Crippen LogP contribution in [-0.4, -0.2) is 13.2 Å². The largest absolute Gasteiger partial charge is 0.492 e. The lowest BCUT2D eigenvalue weighted by Crippen LogP contribution is -2.27. The van der Waals surface area contributed by atoms with Crippen molar-refractivity contribution in [1.29, 1.82) is 0 Å². The minimum Gasteiger partial charge on any atom is -0.492 e. The first-order valence-electron chi connectivity index (χ1n) is 3.96. The Labute approximate surface area is 72.5 Å². The third-order valence-electron chi connectivity index (χ3n) is 1.54. The van der Waals surface area contributed by atoms with E-state index in [9.17, 15) is 0 Å². The lowest BCUT2D eigenvalue weighted by Gasteiger charge is -2.04. The van der Waals surface area contributed by atoms with Crippen LogP contribution >= 0.6 is 0 Å². The van der Waals surface area contributed by atoms with Crippen LogP contribution in [0.3, 0.4) is 0 Å². The number of nitrogens with two attached hydrogens (primary N) is 1. The SMILES string of the molecule is Cc1ccc(OCCNN)cc1. The fourth-order valence-corrected chi connectivity index (χ4v) is 0.862. The van der Waals surface area contributed by atoms with Crippen molar-refractivity contribution in [3.63, 3.8) is 0 Å². The Morgan fingerprint density at radius 2 is 2.00 bits per heavy atom. The fraction of sp³-hybridized carbons (Fsp3) is 0.333. The second kappa shape index (κ2) is 4.74. The van der Waals surface area contributed by atoms with E-state index >= 15 is 0 Å². The van der Waals surface area contributed by atoms with Gasteiger partial charge in [-0.3, -0.25) is 11.3 Å². The van der Waals surface area contributed by atoms with Crippen LogP contribution in [-0.2, 0) is 0 Å². The average Bonchev–Trinajstić information content (AvgIpc) is 2.09. The van der Waals surface area contributed by atoms with Gasteiger partial charge in [-0.25, -0.2) is 0 Å². The maximum Gasteiger partial charge on any atom is 0.119 e. The number of aryl methyl sites for hydroxylation is 1. The summed E-state index contributed by atoms with van der Waals surface area (Å²) in [5, 5.41) is 0. The van der Waals surface area contributed by atoms with Crippen molar-refractivity contribution in [3.05, 3.63) is 29.8 Å². The fourth-order valence-electron chi connectivity index (χ4n) is 0.862. The van der Waals surface area contributed by atoms with Gasteiger partial charge >= 0.3 is 0 Å². The Balaban J connectivity index is 2.37. The summed E-state index contributed by atoms with van der Waals surface area (Å²) in [6.45, 7) is 3.30. The van der Waals surface area contributed by atoms with E-state index in [2.05, 4.69) is 5.43 Å². The van der Waals surface area contributed by atoms with Crippen molar-refractivity contribution in [2.75, 3.05) is 13.2 Å². The van der Waals surface area contributed by atoms with E-state index in [0.29, 0.717) is 13.2 Å². The molecule has 12 heavy (non-hydrogen) atoms. The van der Waals surface area contributed by atoms with Crippen LogP contribution in [0.1, 0.15) is 5.56 Å². The number of rotatable bonds is 4. The van der Waals surface area contributed by atoms with Crippen molar-refractivity contribution >= 4 is 0 Å². The highest BCUT2D eigenvalue weighted by atomic mass is 16.5. The molecule has 0 unspecified atom stereocenters. The molecule has 3 heteroatoms. The highest BCUT2D eigenvalue weighted by Crippen LogP contribution is 2.10. The molecule has 3 nitrogen and oxygen atoms in total. The van der Waals surface area contributed by atoms with Crippen LogP contribution < -0.4 is 16.0 Å². The van der Waals surface area contributed by atoms with Crippen molar-refractivity contribution < 1.29 is 4.74 Å². The summed E-state index contributed by atoms with van der Waals surface area (Å²) < 4.78 is 5.36. The summed E-state index contributed by atoms with van der Waals surface area (Å²) in [5.41, 5.74) is 3.76. The monoisotopic (exact) mass is 166 g/mol. The van der Waals surface area contributed by atoms with E-state index in [4.69, 9.17) is 10.6 Å². The second-order valence-corrected chi connectivity index (χ2v) is 2.62. The van der Waals surface area contributed by atoms with Crippen molar-refractivity contribution in [3.8, 4) is 5.75 Å². The molecule has 0 aliphatic carbocycles. The number of hydrogen-bond acceptors (Lipinski definition) is 3. The zero-order valence-corrected chi connectivity index (χ0v) is 7.21. The Bertz CT molecular complexity index is 220. The van der Waals surface area contributed by atoms with E-state index in [0.717, 1.165) is 5.75 Å². The van der Waals surface area contributed by atoms with Gasteiger partial charge in [-0.1, -0.05) is 17.7 Å². The molecule has 0 aliphatic rings. The number of nitrogens with one attached hydrogen (secondary N) is 1. The quantitative estimate of drug-likeness (QED) is 0.396. The second-order valence-electron chi connectivity index (χ2n) is 2.62. The van der Waals surface area contributed by atoms with Gasteiger partial charge < -0.3 is 4.74 Å². The maximum atomic E-state index is 5.36. The third-order valence-corrected chi connectivity index (χ3v) is 1.54. The van der Waals surface area contributed by atoms with Crippen molar-refractivity contribution in [2.24, 2.45) is 5.84 Å². The van der Waals surface area contributed by atoms with Gasteiger partial charge in [0.05, 0.1) is 0 Å². The summed E-state index contributed by atoms with van der Waals surface area (Å²) in [4.78, 5) is 0. The molecule has 3 N–H and O–H groups in total. The van der Waals surface area contributed by atoms with Gasteiger partial charge in [-0.2, -0.15) is 0 Å². The predicted octanol–water partition coefficient (Wildman–Crippen LogP) is 0.837. The summed E-state index contributed by atoms with van der Waals surface area (Å²) in [6, 6.07) is 7.94. The molecule has 0 bridgehead atoms. The molecule has 0 radical (unpaired) electrons. The van der Waals surface area contributed by atoms with Crippen LogP contribution in [0.25, 0.3) is 0 Å². The number of ether oxygens (including phenoxy) is 1. The van der Waals surface area contributed by atoms with Gasteiger partial charge in [0, 0.05) is 6.54 Å². The number of hydrazine groups is 1. The van der Waals surface area contributed by atoms with Crippen LogP contribution in [0.2, 0.25) is 0 Å². The molecule has 0 atom stereocenters. The van der Waals surface area contributed by atoms with E-state index in [1.54, 1.807) is 0 Å². The molecular formula is C9H14N2O. The van der Waals surface area contributed by atoms with E-state index in [1.807, 2.05) is 31.2 Å². The Kier molecular flexibility index (Phi) is 3.57. The highest BCUT2D eigenvalue weighted by Gasteiger charge is 1.90. The van der Waals surface area contributed by atoms with E-state index in [1.165, 1.54) is 5.56 Å². The van der Waals surface area contributed by atoms with Gasteiger partial charge in [-0.15, -0.1) is 0 Å². The van der Waals surface area contributed by atoms with Gasteiger partial charge in [0.1, 0.15) is 12.4 Å². The molecule has 0 fully saturated rings. The number of benzene rings is 1. The Hall–Kier alpha value is -1.06. The first kappa shape index (κ1) is 9.03. The molecule has 66 valence electrons. The molecule has 1 rings (SSSR count). The molecule has 0 aliphatic heterocycles. The van der Waals surface area contributed by atoms with Crippen LogP contribution in [0, 0.1) is 6.92 Å². The van der Waals surface area contributed by atoms with Gasteiger partial charge in [0.25, 0.3) is 0 Å². The third kappa shape index (κ3) is 2.90. The van der Waals surface area contributed by atoms with Gasteiger partial charge in [0.2, 0.25) is 0 Å². The van der Waals surface area contributed by atoms with E-state index in [-0.39, 0.29) is 0 Å². The summed E-state index contributed by atoms with van der Waals surface area (Å²) >= 11 is 0. The minimum atomic E-state index is 0.597. The average molecular weight is 166 g/mol. The lowest BCUT2D eigenvalue weighted by atomic mass is 10.2. The molecule has 0 spiro atoms. The molecule has 0 aromatic heterocycles. The van der Waals surface area contributed by atoms with Gasteiger partial charge in [-0.05, 0) is 19.1 Å². The smallest absolute Gasteiger partial charge is 0.119 e. The van der Waals surface area contributed by atoms with E-state index < -0.39 is 0 Å². The zero-order valence-electron chi connectivity index (χ0n) is 7.21. The zero-order chi connectivity index (χ0) is 8.81. The predicted molar refractivity (Wildman–Crippen MR) is 48.9 cm³/mol. The van der Waals surface area contributed by atoms with Crippen LogP contribution in [0.5, 0.6) is 5.75 Å². The standard InChI is InChI=1S/C9H14N2O/c1-8-2-4-9(5-3-8)12-7-6-11-10/h2-5,11H,6-7,10H2,1H3.